The number of benzene rings is 3. The van der Waals surface area contributed by atoms with Gasteiger partial charge in [0.25, 0.3) is 5.91 Å². The summed E-state index contributed by atoms with van der Waals surface area (Å²) in [6.07, 6.45) is 3.18. The number of imide groups is 1. The van der Waals surface area contributed by atoms with Crippen LogP contribution in [0.15, 0.2) is 78.9 Å². The summed E-state index contributed by atoms with van der Waals surface area (Å²) in [7, 11) is 0. The van der Waals surface area contributed by atoms with E-state index in [9.17, 15) is 9.59 Å². The number of fused-ring (bicyclic) bond motifs is 1. The van der Waals surface area contributed by atoms with Crippen molar-refractivity contribution in [1.29, 1.82) is 0 Å². The molecule has 0 N–H and O–H groups in total. The number of hydrogen-bond donors (Lipinski definition) is 0. The third-order valence-electron chi connectivity index (χ3n) is 4.70. The molecule has 0 spiro atoms. The topological polar surface area (TPSA) is 46.6 Å². The maximum Gasteiger partial charge on any atom is 0.417 e. The number of hydrogen-bond acceptors (Lipinski definition) is 3. The Morgan fingerprint density at radius 1 is 1.00 bits per heavy atom. The van der Waals surface area contributed by atoms with E-state index >= 15 is 0 Å². The Balaban J connectivity index is 1.51. The third kappa shape index (κ3) is 3.75. The highest BCUT2D eigenvalue weighted by atomic mass is 16.6. The molecule has 4 rings (SSSR count). The molecule has 1 atom stereocenters. The minimum atomic E-state index is -0.580. The second kappa shape index (κ2) is 7.46. The van der Waals surface area contributed by atoms with Crippen molar-refractivity contribution in [2.75, 3.05) is 6.61 Å². The molecule has 1 saturated heterocycles. The quantitative estimate of drug-likeness (QED) is 0.649. The highest BCUT2D eigenvalue weighted by Crippen LogP contribution is 2.19. The molecule has 2 amide bonds. The number of cyclic esters (lactones) is 1. The predicted octanol–water partition coefficient (Wildman–Crippen LogP) is 4.44. The first-order chi connectivity index (χ1) is 13.2. The van der Waals surface area contributed by atoms with Crippen molar-refractivity contribution in [3.05, 3.63) is 90.0 Å². The van der Waals surface area contributed by atoms with Gasteiger partial charge in [-0.05, 0) is 40.5 Å². The van der Waals surface area contributed by atoms with Crippen LogP contribution in [-0.2, 0) is 16.0 Å². The van der Waals surface area contributed by atoms with E-state index in [0.717, 1.165) is 21.9 Å². The number of carbonyl (C=O) groups excluding carboxylic acids is 2. The van der Waals surface area contributed by atoms with Crippen molar-refractivity contribution in [3.8, 4) is 0 Å². The zero-order valence-corrected chi connectivity index (χ0v) is 14.7. The molecule has 1 fully saturated rings. The summed E-state index contributed by atoms with van der Waals surface area (Å²) in [5, 5.41) is 2.25. The van der Waals surface area contributed by atoms with Gasteiger partial charge in [0.2, 0.25) is 0 Å². The van der Waals surface area contributed by atoms with Crippen molar-refractivity contribution < 1.29 is 14.3 Å². The summed E-state index contributed by atoms with van der Waals surface area (Å²) in [5.74, 6) is -0.355. The first-order valence-corrected chi connectivity index (χ1v) is 8.91. The molecule has 0 saturated carbocycles. The minimum Gasteiger partial charge on any atom is -0.447 e. The first-order valence-electron chi connectivity index (χ1n) is 8.91. The van der Waals surface area contributed by atoms with E-state index in [-0.39, 0.29) is 18.6 Å². The van der Waals surface area contributed by atoms with Crippen LogP contribution in [0.5, 0.6) is 0 Å². The Kier molecular flexibility index (Phi) is 4.71. The van der Waals surface area contributed by atoms with Gasteiger partial charge >= 0.3 is 6.09 Å². The van der Waals surface area contributed by atoms with Crippen molar-refractivity contribution in [3.63, 3.8) is 0 Å². The molecular weight excluding hydrogens is 338 g/mol. The summed E-state index contributed by atoms with van der Waals surface area (Å²) in [6, 6.07) is 23.5. The molecule has 0 aromatic heterocycles. The van der Waals surface area contributed by atoms with Crippen LogP contribution in [0.4, 0.5) is 4.79 Å². The summed E-state index contributed by atoms with van der Waals surface area (Å²) in [6.45, 7) is 0.225. The maximum atomic E-state index is 12.6. The molecule has 3 aromatic rings. The van der Waals surface area contributed by atoms with Crippen LogP contribution in [0.25, 0.3) is 16.8 Å². The zero-order valence-electron chi connectivity index (χ0n) is 14.7. The highest BCUT2D eigenvalue weighted by molar-refractivity contribution is 6.02. The lowest BCUT2D eigenvalue weighted by Gasteiger charge is -2.18. The average Bonchev–Trinajstić information content (AvgIpc) is 3.07. The fourth-order valence-corrected chi connectivity index (χ4v) is 3.33. The van der Waals surface area contributed by atoms with Gasteiger partial charge in [-0.2, -0.15) is 0 Å². The van der Waals surface area contributed by atoms with E-state index in [2.05, 4.69) is 0 Å². The van der Waals surface area contributed by atoms with Gasteiger partial charge in [-0.3, -0.25) is 4.79 Å². The van der Waals surface area contributed by atoms with Crippen LogP contribution in [0.3, 0.4) is 0 Å². The van der Waals surface area contributed by atoms with Crippen molar-refractivity contribution in [1.82, 2.24) is 4.90 Å². The standard InChI is InChI=1S/C23H19NO3/c25-22(13-11-18-10-12-19-8-4-5-9-20(19)14-18)24-21(16-27-23(24)26)15-17-6-2-1-3-7-17/h1-14,21H,15-16H2/b13-11+/t21-/m1/s1. The van der Waals surface area contributed by atoms with E-state index in [1.54, 1.807) is 6.08 Å². The fourth-order valence-electron chi connectivity index (χ4n) is 3.33. The Bertz CT molecular complexity index is 1010. The zero-order chi connectivity index (χ0) is 18.6. The van der Waals surface area contributed by atoms with Crippen molar-refractivity contribution >= 4 is 28.8 Å². The molecule has 1 aliphatic rings. The first kappa shape index (κ1) is 17.0. The SMILES string of the molecule is O=C(/C=C/c1ccc2ccccc2c1)N1C(=O)OC[C@H]1Cc1ccccc1. The van der Waals surface area contributed by atoms with E-state index in [1.165, 1.54) is 11.0 Å². The van der Waals surface area contributed by atoms with E-state index in [1.807, 2.05) is 72.8 Å². The van der Waals surface area contributed by atoms with Gasteiger partial charge in [-0.25, -0.2) is 9.69 Å². The van der Waals surface area contributed by atoms with E-state index in [4.69, 9.17) is 4.74 Å². The van der Waals surface area contributed by atoms with Crippen LogP contribution in [-0.4, -0.2) is 29.5 Å². The monoisotopic (exact) mass is 357 g/mol. The van der Waals surface area contributed by atoms with Crippen molar-refractivity contribution in [2.24, 2.45) is 0 Å². The number of rotatable bonds is 4. The summed E-state index contributed by atoms with van der Waals surface area (Å²) in [5.41, 5.74) is 1.98. The van der Waals surface area contributed by atoms with Gasteiger partial charge in [-0.1, -0.05) is 66.7 Å². The largest absolute Gasteiger partial charge is 0.447 e. The van der Waals surface area contributed by atoms with E-state index in [0.29, 0.717) is 6.42 Å². The Morgan fingerprint density at radius 2 is 1.74 bits per heavy atom. The predicted molar refractivity (Wildman–Crippen MR) is 105 cm³/mol. The smallest absolute Gasteiger partial charge is 0.417 e. The number of carbonyl (C=O) groups is 2. The molecule has 27 heavy (non-hydrogen) atoms. The van der Waals surface area contributed by atoms with Crippen LogP contribution < -0.4 is 0 Å². The second-order valence-electron chi connectivity index (χ2n) is 6.57. The van der Waals surface area contributed by atoms with Gasteiger partial charge < -0.3 is 4.74 Å². The minimum absolute atomic E-state index is 0.225. The van der Waals surface area contributed by atoms with Crippen LogP contribution in [0.1, 0.15) is 11.1 Å². The summed E-state index contributed by atoms with van der Waals surface area (Å²) >= 11 is 0. The van der Waals surface area contributed by atoms with Gasteiger partial charge in [0.1, 0.15) is 6.61 Å². The van der Waals surface area contributed by atoms with E-state index < -0.39 is 6.09 Å². The van der Waals surface area contributed by atoms with Gasteiger partial charge in [0.15, 0.2) is 0 Å². The molecule has 0 aliphatic carbocycles. The van der Waals surface area contributed by atoms with Crippen LogP contribution in [0.2, 0.25) is 0 Å². The maximum absolute atomic E-state index is 12.6. The second-order valence-corrected chi connectivity index (χ2v) is 6.57. The third-order valence-corrected chi connectivity index (χ3v) is 4.70. The summed E-state index contributed by atoms with van der Waals surface area (Å²) < 4.78 is 5.11. The molecular formula is C23H19NO3. The Morgan fingerprint density at radius 3 is 2.56 bits per heavy atom. The highest BCUT2D eigenvalue weighted by Gasteiger charge is 2.36. The molecule has 134 valence electrons. The molecule has 0 radical (unpaired) electrons. The van der Waals surface area contributed by atoms with Gasteiger partial charge in [0, 0.05) is 6.08 Å². The normalized spacial score (nSPS) is 16.8. The van der Waals surface area contributed by atoms with Crippen LogP contribution in [0, 0.1) is 0 Å². The van der Waals surface area contributed by atoms with Crippen LogP contribution >= 0.6 is 0 Å². The van der Waals surface area contributed by atoms with Gasteiger partial charge in [-0.15, -0.1) is 0 Å². The molecule has 4 nitrogen and oxygen atoms in total. The number of amides is 2. The van der Waals surface area contributed by atoms with Crippen molar-refractivity contribution in [2.45, 2.75) is 12.5 Å². The molecule has 3 aromatic carbocycles. The molecule has 1 heterocycles. The number of nitrogens with zero attached hydrogens (tertiary/aromatic N) is 1. The van der Waals surface area contributed by atoms with Gasteiger partial charge in [0.05, 0.1) is 6.04 Å². The number of ether oxygens (including phenoxy) is 1. The molecule has 0 unspecified atom stereocenters. The lowest BCUT2D eigenvalue weighted by Crippen LogP contribution is -2.39. The fraction of sp³-hybridized carbons (Fsp3) is 0.130. The molecule has 1 aliphatic heterocycles. The average molecular weight is 357 g/mol. The Hall–Kier alpha value is -3.40. The Labute approximate surface area is 157 Å². The lowest BCUT2D eigenvalue weighted by atomic mass is 10.1. The molecule has 0 bridgehead atoms. The molecule has 4 heteroatoms. The lowest BCUT2D eigenvalue weighted by molar-refractivity contribution is -0.124. The summed E-state index contributed by atoms with van der Waals surface area (Å²) in [4.78, 5) is 25.9.